The zero-order chi connectivity index (χ0) is 11.5. The van der Waals surface area contributed by atoms with Crippen molar-refractivity contribution in [2.75, 3.05) is 11.5 Å². The molecule has 0 spiro atoms. The van der Waals surface area contributed by atoms with Gasteiger partial charge in [0.1, 0.15) is 0 Å². The zero-order valence-electron chi connectivity index (χ0n) is 8.94. The molecule has 0 unspecified atom stereocenters. The first-order chi connectivity index (χ1) is 7.65. The monoisotopic (exact) mass is 217 g/mol. The molecule has 1 aromatic rings. The molecule has 0 bridgehead atoms. The number of hydrogen-bond acceptors (Lipinski definition) is 3. The number of nitrogen functional groups attached to an aromatic ring is 2. The van der Waals surface area contributed by atoms with Gasteiger partial charge in [0.25, 0.3) is 5.91 Å². The first-order valence-corrected chi connectivity index (χ1v) is 5.27. The molecule has 84 valence electrons. The van der Waals surface area contributed by atoms with E-state index in [1.165, 1.54) is 0 Å². The van der Waals surface area contributed by atoms with Crippen LogP contribution in [-0.2, 0) is 0 Å². The minimum Gasteiger partial charge on any atom is -0.399 e. The Kier molecular flexibility index (Phi) is 2.81. The number of hydrogen-bond donors (Lipinski definition) is 3. The van der Waals surface area contributed by atoms with Gasteiger partial charge < -0.3 is 16.8 Å². The normalized spacial score (nSPS) is 15.2. The fourth-order valence-corrected chi connectivity index (χ4v) is 1.81. The second-order valence-electron chi connectivity index (χ2n) is 4.00. The van der Waals surface area contributed by atoms with Crippen LogP contribution in [0.2, 0.25) is 0 Å². The zero-order valence-corrected chi connectivity index (χ0v) is 8.94. The lowest BCUT2D eigenvalue weighted by molar-refractivity contribution is 0.0939. The molecule has 0 aliphatic heterocycles. The minimum absolute atomic E-state index is 0.118. The van der Waals surface area contributed by atoms with Gasteiger partial charge in [-0.3, -0.25) is 4.79 Å². The summed E-state index contributed by atoms with van der Waals surface area (Å²) in [4.78, 5) is 11.9. The van der Waals surface area contributed by atoms with E-state index in [-0.39, 0.29) is 11.9 Å². The smallest absolute Gasteiger partial charge is 0.251 e. The Bertz CT molecular complexity index is 412. The molecule has 4 nitrogen and oxygen atoms in total. The maximum absolute atomic E-state index is 11.9. The van der Waals surface area contributed by atoms with E-state index in [0.717, 1.165) is 12.8 Å². The maximum Gasteiger partial charge on any atom is 0.251 e. The van der Waals surface area contributed by atoms with Crippen molar-refractivity contribution in [1.82, 2.24) is 5.32 Å². The van der Waals surface area contributed by atoms with Gasteiger partial charge in [0, 0.05) is 23.0 Å². The molecule has 2 rings (SSSR count). The quantitative estimate of drug-likeness (QED) is 0.516. The third kappa shape index (κ3) is 2.34. The van der Waals surface area contributed by atoms with Gasteiger partial charge in [0.2, 0.25) is 0 Å². The van der Waals surface area contributed by atoms with Gasteiger partial charge in [-0.25, -0.2) is 0 Å². The molecule has 0 heterocycles. The van der Waals surface area contributed by atoms with Crippen LogP contribution in [0.3, 0.4) is 0 Å². The van der Waals surface area contributed by atoms with Gasteiger partial charge >= 0.3 is 0 Å². The van der Waals surface area contributed by atoms with Crippen LogP contribution in [0.4, 0.5) is 11.4 Å². The van der Waals surface area contributed by atoms with Crippen LogP contribution >= 0.6 is 0 Å². The highest BCUT2D eigenvalue weighted by Crippen LogP contribution is 2.15. The standard InChI is InChI=1S/C12H15N3O/c13-9-5-8(6-10(14)7-9)12(16)15-11-3-1-2-4-11/h1-2,5-7,11H,3-4,13-14H2,(H,15,16). The summed E-state index contributed by atoms with van der Waals surface area (Å²) in [5.74, 6) is -0.118. The van der Waals surface area contributed by atoms with E-state index in [9.17, 15) is 4.79 Å². The highest BCUT2D eigenvalue weighted by atomic mass is 16.1. The number of benzene rings is 1. The lowest BCUT2D eigenvalue weighted by Gasteiger charge is -2.12. The van der Waals surface area contributed by atoms with Crippen LogP contribution < -0.4 is 16.8 Å². The first kappa shape index (κ1) is 10.5. The predicted molar refractivity (Wildman–Crippen MR) is 64.9 cm³/mol. The third-order valence-electron chi connectivity index (χ3n) is 2.58. The summed E-state index contributed by atoms with van der Waals surface area (Å²) in [5, 5.41) is 2.94. The van der Waals surface area contributed by atoms with E-state index >= 15 is 0 Å². The molecule has 1 aliphatic carbocycles. The number of nitrogens with two attached hydrogens (primary N) is 2. The highest BCUT2D eigenvalue weighted by Gasteiger charge is 2.14. The molecule has 4 heteroatoms. The van der Waals surface area contributed by atoms with Crippen LogP contribution in [0.1, 0.15) is 23.2 Å². The molecular weight excluding hydrogens is 202 g/mol. The Labute approximate surface area is 94.3 Å². The molecule has 0 saturated heterocycles. The summed E-state index contributed by atoms with van der Waals surface area (Å²) in [6, 6.07) is 5.10. The largest absolute Gasteiger partial charge is 0.399 e. The summed E-state index contributed by atoms with van der Waals surface area (Å²) in [6.07, 6.45) is 5.92. The SMILES string of the molecule is Nc1cc(N)cc(C(=O)NC2CC=CC2)c1. The van der Waals surface area contributed by atoms with Crippen LogP contribution in [-0.4, -0.2) is 11.9 Å². The predicted octanol–water partition coefficient (Wildman–Crippen LogP) is 1.30. The van der Waals surface area contributed by atoms with Gasteiger partial charge in [0.15, 0.2) is 0 Å². The summed E-state index contributed by atoms with van der Waals surface area (Å²) < 4.78 is 0. The fraction of sp³-hybridized carbons (Fsp3) is 0.250. The first-order valence-electron chi connectivity index (χ1n) is 5.27. The van der Waals surface area contributed by atoms with Crippen molar-refractivity contribution in [2.45, 2.75) is 18.9 Å². The molecule has 0 saturated carbocycles. The van der Waals surface area contributed by atoms with Gasteiger partial charge in [0.05, 0.1) is 0 Å². The van der Waals surface area contributed by atoms with Crippen molar-refractivity contribution < 1.29 is 4.79 Å². The third-order valence-corrected chi connectivity index (χ3v) is 2.58. The second kappa shape index (κ2) is 4.26. The molecule has 5 N–H and O–H groups in total. The Morgan fingerprint density at radius 3 is 2.25 bits per heavy atom. The molecule has 0 fully saturated rings. The summed E-state index contributed by atoms with van der Waals surface area (Å²) in [6.45, 7) is 0. The molecular formula is C12H15N3O. The van der Waals surface area contributed by atoms with Crippen molar-refractivity contribution in [3.05, 3.63) is 35.9 Å². The Balaban J connectivity index is 2.08. The molecule has 1 aliphatic rings. The van der Waals surface area contributed by atoms with Crippen molar-refractivity contribution in [3.63, 3.8) is 0 Å². The molecule has 16 heavy (non-hydrogen) atoms. The van der Waals surface area contributed by atoms with Gasteiger partial charge in [-0.2, -0.15) is 0 Å². The number of nitrogens with one attached hydrogen (secondary N) is 1. The van der Waals surface area contributed by atoms with Gasteiger partial charge in [-0.05, 0) is 31.0 Å². The molecule has 1 aromatic carbocycles. The van der Waals surface area contributed by atoms with Gasteiger partial charge in [-0.1, -0.05) is 12.2 Å². The Morgan fingerprint density at radius 2 is 1.69 bits per heavy atom. The minimum atomic E-state index is -0.118. The van der Waals surface area contributed by atoms with E-state index in [4.69, 9.17) is 11.5 Å². The summed E-state index contributed by atoms with van der Waals surface area (Å²) in [5.41, 5.74) is 12.8. The average molecular weight is 217 g/mol. The van der Waals surface area contributed by atoms with E-state index in [2.05, 4.69) is 17.5 Å². The van der Waals surface area contributed by atoms with Crippen molar-refractivity contribution >= 4 is 17.3 Å². The Morgan fingerprint density at radius 1 is 1.12 bits per heavy atom. The van der Waals surface area contributed by atoms with E-state index in [1.807, 2.05) is 0 Å². The van der Waals surface area contributed by atoms with Crippen molar-refractivity contribution in [1.29, 1.82) is 0 Å². The lowest BCUT2D eigenvalue weighted by Crippen LogP contribution is -2.32. The van der Waals surface area contributed by atoms with E-state index in [1.54, 1.807) is 18.2 Å². The number of amides is 1. The van der Waals surface area contributed by atoms with Crippen LogP contribution in [0.5, 0.6) is 0 Å². The fourth-order valence-electron chi connectivity index (χ4n) is 1.81. The number of carbonyl (C=O) groups is 1. The molecule has 0 radical (unpaired) electrons. The molecule has 0 atom stereocenters. The summed E-state index contributed by atoms with van der Waals surface area (Å²) >= 11 is 0. The van der Waals surface area contributed by atoms with Crippen LogP contribution in [0.15, 0.2) is 30.4 Å². The summed E-state index contributed by atoms with van der Waals surface area (Å²) in [7, 11) is 0. The number of anilines is 2. The number of rotatable bonds is 2. The molecule has 0 aromatic heterocycles. The number of carbonyl (C=O) groups excluding carboxylic acids is 1. The maximum atomic E-state index is 11.9. The second-order valence-corrected chi connectivity index (χ2v) is 4.00. The van der Waals surface area contributed by atoms with E-state index in [0.29, 0.717) is 16.9 Å². The van der Waals surface area contributed by atoms with Crippen LogP contribution in [0.25, 0.3) is 0 Å². The van der Waals surface area contributed by atoms with Gasteiger partial charge in [-0.15, -0.1) is 0 Å². The van der Waals surface area contributed by atoms with Crippen molar-refractivity contribution in [2.24, 2.45) is 0 Å². The highest BCUT2D eigenvalue weighted by molar-refractivity contribution is 5.96. The average Bonchev–Trinajstić information content (AvgIpc) is 2.68. The topological polar surface area (TPSA) is 81.1 Å². The van der Waals surface area contributed by atoms with Crippen LogP contribution in [0, 0.1) is 0 Å². The molecule has 1 amide bonds. The lowest BCUT2D eigenvalue weighted by atomic mass is 10.1. The Hall–Kier alpha value is -1.97. The van der Waals surface area contributed by atoms with E-state index < -0.39 is 0 Å². The van der Waals surface area contributed by atoms with Crippen molar-refractivity contribution in [3.8, 4) is 0 Å².